The zero-order valence-corrected chi connectivity index (χ0v) is 16.6. The number of para-hydroxylation sites is 2. The van der Waals surface area contributed by atoms with E-state index in [0.29, 0.717) is 5.96 Å². The van der Waals surface area contributed by atoms with Crippen molar-refractivity contribution >= 4 is 59.3 Å². The largest absolute Gasteiger partial charge is 0.494 e. The second-order valence-electron chi connectivity index (χ2n) is 5.47. The highest BCUT2D eigenvalue weighted by Crippen LogP contribution is 2.33. The summed E-state index contributed by atoms with van der Waals surface area (Å²) in [6.45, 7) is 0. The normalized spacial score (nSPS) is 10.8. The topological polar surface area (TPSA) is 80.7 Å². The quantitative estimate of drug-likeness (QED) is 0.390. The van der Waals surface area contributed by atoms with Crippen LogP contribution in [-0.2, 0) is 0 Å². The van der Waals surface area contributed by atoms with Crippen LogP contribution in [0.5, 0.6) is 11.5 Å². The molecule has 9 heteroatoms. The number of nitrogens with zero attached hydrogens (tertiary/aromatic N) is 3. The molecule has 0 aliphatic carbocycles. The maximum absolute atomic E-state index is 5.37. The summed E-state index contributed by atoms with van der Waals surface area (Å²) in [5, 5.41) is 7.88. The number of benzene rings is 2. The van der Waals surface area contributed by atoms with Gasteiger partial charge in [-0.2, -0.15) is 0 Å². The highest BCUT2D eigenvalue weighted by Gasteiger charge is 2.13. The molecule has 2 aromatic carbocycles. The summed E-state index contributed by atoms with van der Waals surface area (Å²) >= 11 is 3.06. The molecule has 0 radical (unpaired) electrons. The van der Waals surface area contributed by atoms with Crippen molar-refractivity contribution in [1.82, 2.24) is 9.97 Å². The Morgan fingerprint density at radius 2 is 1.33 bits per heavy atom. The van der Waals surface area contributed by atoms with Gasteiger partial charge in [0.2, 0.25) is 5.96 Å². The van der Waals surface area contributed by atoms with Gasteiger partial charge in [-0.25, -0.2) is 9.97 Å². The van der Waals surface area contributed by atoms with Crippen LogP contribution in [0.25, 0.3) is 20.4 Å². The lowest BCUT2D eigenvalue weighted by Crippen LogP contribution is -2.21. The summed E-state index contributed by atoms with van der Waals surface area (Å²) < 4.78 is 12.8. The number of ether oxygens (including phenoxy) is 2. The Balaban J connectivity index is 1.58. The third-order valence-electron chi connectivity index (χ3n) is 3.88. The molecule has 4 rings (SSSR count). The van der Waals surface area contributed by atoms with Crippen molar-refractivity contribution < 1.29 is 9.47 Å². The first-order valence-electron chi connectivity index (χ1n) is 8.09. The molecule has 0 aliphatic rings. The number of aliphatic imine (C=N–C) groups is 1. The van der Waals surface area contributed by atoms with Crippen molar-refractivity contribution in [3.63, 3.8) is 0 Å². The van der Waals surface area contributed by atoms with Gasteiger partial charge in [-0.05, 0) is 24.3 Å². The van der Waals surface area contributed by atoms with Crippen LogP contribution >= 0.6 is 22.7 Å². The lowest BCUT2D eigenvalue weighted by molar-refractivity contribution is 0.419. The molecule has 0 atom stereocenters. The van der Waals surface area contributed by atoms with Gasteiger partial charge in [0.1, 0.15) is 22.5 Å². The summed E-state index contributed by atoms with van der Waals surface area (Å²) in [7, 11) is 4.99. The second-order valence-corrected chi connectivity index (χ2v) is 7.54. The Hall–Kier alpha value is -2.91. The van der Waals surface area contributed by atoms with E-state index >= 15 is 0 Å². The van der Waals surface area contributed by atoms with Crippen LogP contribution in [0.1, 0.15) is 0 Å². The number of methoxy groups -OCH3 is 2. The molecule has 27 heavy (non-hydrogen) atoms. The van der Waals surface area contributed by atoms with Gasteiger partial charge in [0, 0.05) is 7.05 Å². The molecule has 2 aromatic heterocycles. The average molecular weight is 400 g/mol. The van der Waals surface area contributed by atoms with Crippen molar-refractivity contribution in [2.75, 3.05) is 31.9 Å². The van der Waals surface area contributed by atoms with Crippen LogP contribution in [0.4, 0.5) is 10.3 Å². The van der Waals surface area contributed by atoms with Crippen molar-refractivity contribution in [3.05, 3.63) is 36.4 Å². The summed E-state index contributed by atoms with van der Waals surface area (Å²) in [5.74, 6) is 2.06. The van der Waals surface area contributed by atoms with Crippen molar-refractivity contribution in [2.45, 2.75) is 0 Å². The number of anilines is 2. The zero-order valence-electron chi connectivity index (χ0n) is 14.9. The molecule has 0 unspecified atom stereocenters. The van der Waals surface area contributed by atoms with E-state index in [9.17, 15) is 0 Å². The summed E-state index contributed by atoms with van der Waals surface area (Å²) in [4.78, 5) is 13.5. The first-order valence-corrected chi connectivity index (χ1v) is 9.73. The van der Waals surface area contributed by atoms with Gasteiger partial charge in [-0.15, -0.1) is 0 Å². The Kier molecular flexibility index (Phi) is 4.78. The van der Waals surface area contributed by atoms with E-state index < -0.39 is 0 Å². The number of hydrogen-bond donors (Lipinski definition) is 2. The third-order valence-corrected chi connectivity index (χ3v) is 5.75. The van der Waals surface area contributed by atoms with Crippen molar-refractivity contribution in [1.29, 1.82) is 0 Å². The first-order chi connectivity index (χ1) is 13.2. The van der Waals surface area contributed by atoms with Gasteiger partial charge in [-0.1, -0.05) is 34.8 Å². The molecule has 0 amide bonds. The molecule has 7 nitrogen and oxygen atoms in total. The Bertz CT molecular complexity index is 1050. The van der Waals surface area contributed by atoms with Crippen LogP contribution in [0.3, 0.4) is 0 Å². The number of thiazole rings is 2. The van der Waals surface area contributed by atoms with E-state index in [4.69, 9.17) is 9.47 Å². The first kappa shape index (κ1) is 17.5. The minimum atomic E-state index is 0.561. The minimum Gasteiger partial charge on any atom is -0.494 e. The predicted molar refractivity (Wildman–Crippen MR) is 113 cm³/mol. The molecule has 0 saturated heterocycles. The number of fused-ring (bicyclic) bond motifs is 2. The molecular formula is C18H17N5O2S2. The Morgan fingerprint density at radius 1 is 0.852 bits per heavy atom. The molecule has 2 heterocycles. The van der Waals surface area contributed by atoms with E-state index in [2.05, 4.69) is 25.6 Å². The number of hydrogen-bond acceptors (Lipinski definition) is 7. The van der Waals surface area contributed by atoms with Gasteiger partial charge in [0.05, 0.1) is 23.6 Å². The zero-order chi connectivity index (χ0) is 18.8. The fourth-order valence-electron chi connectivity index (χ4n) is 2.63. The molecular weight excluding hydrogens is 382 g/mol. The van der Waals surface area contributed by atoms with Gasteiger partial charge in [0.15, 0.2) is 10.3 Å². The monoisotopic (exact) mass is 399 g/mol. The van der Waals surface area contributed by atoms with Crippen molar-refractivity contribution in [3.8, 4) is 11.5 Å². The van der Waals surface area contributed by atoms with Crippen molar-refractivity contribution in [2.24, 2.45) is 4.99 Å². The SMILES string of the molecule is CN=C(Nc1nc2c(OC)cccc2s1)Nc1nc2c(OC)cccc2s1. The van der Waals surface area contributed by atoms with E-state index in [1.54, 1.807) is 21.3 Å². The maximum Gasteiger partial charge on any atom is 0.203 e. The lowest BCUT2D eigenvalue weighted by Gasteiger charge is -2.06. The van der Waals surface area contributed by atoms with Crippen LogP contribution in [0, 0.1) is 0 Å². The molecule has 4 aromatic rings. The van der Waals surface area contributed by atoms with Crippen LogP contribution in [0.2, 0.25) is 0 Å². The van der Waals surface area contributed by atoms with E-state index in [1.807, 2.05) is 36.4 Å². The average Bonchev–Trinajstić information content (AvgIpc) is 3.29. The fourth-order valence-corrected chi connectivity index (χ4v) is 4.39. The lowest BCUT2D eigenvalue weighted by atomic mass is 10.3. The van der Waals surface area contributed by atoms with E-state index in [0.717, 1.165) is 42.2 Å². The van der Waals surface area contributed by atoms with Crippen LogP contribution < -0.4 is 20.1 Å². The van der Waals surface area contributed by atoms with E-state index in [-0.39, 0.29) is 0 Å². The number of rotatable bonds is 4. The number of aromatic nitrogens is 2. The minimum absolute atomic E-state index is 0.561. The number of guanidine groups is 1. The Morgan fingerprint density at radius 3 is 1.74 bits per heavy atom. The molecule has 138 valence electrons. The fraction of sp³-hybridized carbons (Fsp3) is 0.167. The standard InChI is InChI=1S/C18H17N5O2S2/c1-19-16(22-17-20-14-10(24-2)6-4-8-12(14)26-17)23-18-21-15-11(25-3)7-5-9-13(15)27-18/h4-9H,1-3H3,(H2,19,20,21,22,23). The van der Waals surface area contributed by atoms with Gasteiger partial charge >= 0.3 is 0 Å². The summed E-state index contributed by atoms with van der Waals surface area (Å²) in [6.07, 6.45) is 0. The molecule has 0 fully saturated rings. The van der Waals surface area contributed by atoms with Crippen LogP contribution in [-0.4, -0.2) is 37.2 Å². The number of nitrogens with one attached hydrogen (secondary N) is 2. The Labute approximate surface area is 163 Å². The highest BCUT2D eigenvalue weighted by molar-refractivity contribution is 7.23. The highest BCUT2D eigenvalue weighted by atomic mass is 32.1. The predicted octanol–water partition coefficient (Wildman–Crippen LogP) is 4.43. The molecule has 0 saturated carbocycles. The second kappa shape index (κ2) is 7.37. The van der Waals surface area contributed by atoms with Gasteiger partial charge in [-0.3, -0.25) is 4.99 Å². The molecule has 0 spiro atoms. The van der Waals surface area contributed by atoms with Crippen LogP contribution in [0.15, 0.2) is 41.4 Å². The molecule has 0 aliphatic heterocycles. The van der Waals surface area contributed by atoms with Gasteiger partial charge in [0.25, 0.3) is 0 Å². The van der Waals surface area contributed by atoms with E-state index in [1.165, 1.54) is 22.7 Å². The summed E-state index contributed by atoms with van der Waals surface area (Å²) in [5.41, 5.74) is 1.65. The maximum atomic E-state index is 5.37. The van der Waals surface area contributed by atoms with Gasteiger partial charge < -0.3 is 20.1 Å². The molecule has 0 bridgehead atoms. The smallest absolute Gasteiger partial charge is 0.203 e. The molecule has 2 N–H and O–H groups in total. The summed E-state index contributed by atoms with van der Waals surface area (Å²) in [6, 6.07) is 11.7. The third kappa shape index (κ3) is 3.38.